The molecule has 0 aromatic heterocycles. The van der Waals surface area contributed by atoms with Crippen LogP contribution in [0.3, 0.4) is 0 Å². The lowest BCUT2D eigenvalue weighted by molar-refractivity contribution is 0.455. The second-order valence-corrected chi connectivity index (χ2v) is 3.39. The molecule has 4 heteroatoms. The second-order valence-electron chi connectivity index (χ2n) is 3.39. The van der Waals surface area contributed by atoms with Gasteiger partial charge in [-0.05, 0) is 17.7 Å². The minimum Gasteiger partial charge on any atom is -0.506 e. The number of phenols is 1. The molecule has 1 aliphatic rings. The molecule has 0 spiro atoms. The standard InChI is InChI=1S/C10H13N3O/c11-9-2-1-8(5-10(9)14)6-13-4-3-12-7-13/h1-2,5,7,14H,3-4,6,11H2. The van der Waals surface area contributed by atoms with Crippen LogP contribution in [0.15, 0.2) is 23.2 Å². The Bertz CT molecular complexity index is 362. The highest BCUT2D eigenvalue weighted by molar-refractivity contribution is 5.58. The highest BCUT2D eigenvalue weighted by atomic mass is 16.3. The summed E-state index contributed by atoms with van der Waals surface area (Å²) in [6.45, 7) is 2.59. The molecule has 0 amide bonds. The van der Waals surface area contributed by atoms with Crippen molar-refractivity contribution in [3.05, 3.63) is 23.8 Å². The summed E-state index contributed by atoms with van der Waals surface area (Å²) in [6.07, 6.45) is 1.84. The van der Waals surface area contributed by atoms with E-state index in [1.54, 1.807) is 12.1 Å². The highest BCUT2D eigenvalue weighted by Crippen LogP contribution is 2.21. The van der Waals surface area contributed by atoms with E-state index in [1.807, 2.05) is 12.4 Å². The van der Waals surface area contributed by atoms with Gasteiger partial charge < -0.3 is 15.7 Å². The number of aromatic hydroxyl groups is 1. The van der Waals surface area contributed by atoms with Crippen molar-refractivity contribution in [2.45, 2.75) is 6.54 Å². The third kappa shape index (κ3) is 1.79. The van der Waals surface area contributed by atoms with Gasteiger partial charge in [-0.2, -0.15) is 0 Å². The maximum absolute atomic E-state index is 9.40. The molecule has 3 N–H and O–H groups in total. The molecule has 0 saturated heterocycles. The molecule has 0 saturated carbocycles. The van der Waals surface area contributed by atoms with E-state index in [2.05, 4.69) is 9.89 Å². The molecule has 0 unspecified atom stereocenters. The quantitative estimate of drug-likeness (QED) is 0.537. The predicted molar refractivity (Wildman–Crippen MR) is 56.3 cm³/mol. The first-order valence-corrected chi connectivity index (χ1v) is 4.57. The van der Waals surface area contributed by atoms with Crippen molar-refractivity contribution in [3.63, 3.8) is 0 Å². The van der Waals surface area contributed by atoms with E-state index in [1.165, 1.54) is 0 Å². The maximum Gasteiger partial charge on any atom is 0.138 e. The number of benzene rings is 1. The summed E-state index contributed by atoms with van der Waals surface area (Å²) in [5, 5.41) is 9.40. The normalized spacial score (nSPS) is 15.0. The molecule has 0 aliphatic carbocycles. The lowest BCUT2D eigenvalue weighted by Crippen LogP contribution is -2.18. The number of hydrogen-bond donors (Lipinski definition) is 2. The Hall–Kier alpha value is -1.71. The van der Waals surface area contributed by atoms with Crippen molar-refractivity contribution in [3.8, 4) is 5.75 Å². The predicted octanol–water partition coefficient (Wildman–Crippen LogP) is 0.818. The van der Waals surface area contributed by atoms with Crippen molar-refractivity contribution in [1.82, 2.24) is 4.90 Å². The van der Waals surface area contributed by atoms with Crippen molar-refractivity contribution in [1.29, 1.82) is 0 Å². The third-order valence-electron chi connectivity index (χ3n) is 2.24. The molecule has 1 aromatic rings. The number of aliphatic imine (C=N–C) groups is 1. The third-order valence-corrected chi connectivity index (χ3v) is 2.24. The number of phenolic OH excluding ortho intramolecular Hbond substituents is 1. The highest BCUT2D eigenvalue weighted by Gasteiger charge is 2.06. The smallest absolute Gasteiger partial charge is 0.138 e. The molecule has 1 aliphatic heterocycles. The summed E-state index contributed by atoms with van der Waals surface area (Å²) in [4.78, 5) is 6.22. The molecule has 0 bridgehead atoms. The Labute approximate surface area is 82.7 Å². The fraction of sp³-hybridized carbons (Fsp3) is 0.300. The maximum atomic E-state index is 9.40. The minimum atomic E-state index is 0.152. The fourth-order valence-electron chi connectivity index (χ4n) is 1.46. The van der Waals surface area contributed by atoms with Gasteiger partial charge in [-0.1, -0.05) is 6.07 Å². The average molecular weight is 191 g/mol. The summed E-state index contributed by atoms with van der Waals surface area (Å²) in [7, 11) is 0. The molecular formula is C10H13N3O. The number of rotatable bonds is 2. The number of nitrogen functional groups attached to an aromatic ring is 1. The van der Waals surface area contributed by atoms with Crippen molar-refractivity contribution in [2.24, 2.45) is 4.99 Å². The van der Waals surface area contributed by atoms with Gasteiger partial charge in [-0.3, -0.25) is 4.99 Å². The molecule has 0 fully saturated rings. The average Bonchev–Trinajstić information content (AvgIpc) is 2.64. The number of anilines is 1. The summed E-state index contributed by atoms with van der Waals surface area (Å²) >= 11 is 0. The van der Waals surface area contributed by atoms with Gasteiger partial charge in [-0.15, -0.1) is 0 Å². The summed E-state index contributed by atoms with van der Waals surface area (Å²) < 4.78 is 0. The van der Waals surface area contributed by atoms with Gasteiger partial charge in [0.1, 0.15) is 5.75 Å². The lowest BCUT2D eigenvalue weighted by Gasteiger charge is -2.13. The van der Waals surface area contributed by atoms with Gasteiger partial charge in [0.05, 0.1) is 18.6 Å². The van der Waals surface area contributed by atoms with E-state index in [0.717, 1.165) is 25.2 Å². The SMILES string of the molecule is Nc1ccc(CN2C=NCC2)cc1O. The van der Waals surface area contributed by atoms with Crippen LogP contribution in [0.1, 0.15) is 5.56 Å². The van der Waals surface area contributed by atoms with Crippen molar-refractivity contribution >= 4 is 12.0 Å². The largest absolute Gasteiger partial charge is 0.506 e. The molecule has 2 rings (SSSR count). The summed E-state index contributed by atoms with van der Waals surface area (Å²) in [5.74, 6) is 0.152. The van der Waals surface area contributed by atoms with Crippen molar-refractivity contribution in [2.75, 3.05) is 18.8 Å². The molecule has 74 valence electrons. The number of hydrogen-bond acceptors (Lipinski definition) is 4. The summed E-state index contributed by atoms with van der Waals surface area (Å²) in [6, 6.07) is 5.33. The van der Waals surface area contributed by atoms with E-state index < -0.39 is 0 Å². The van der Waals surface area contributed by atoms with E-state index in [4.69, 9.17) is 5.73 Å². The van der Waals surface area contributed by atoms with Crippen LogP contribution in [0.5, 0.6) is 5.75 Å². The Kier molecular flexibility index (Phi) is 2.26. The van der Waals surface area contributed by atoms with Crippen LogP contribution in [-0.4, -0.2) is 29.4 Å². The van der Waals surface area contributed by atoms with Gasteiger partial charge in [0.15, 0.2) is 0 Å². The Morgan fingerprint density at radius 3 is 3.00 bits per heavy atom. The van der Waals surface area contributed by atoms with Crippen molar-refractivity contribution < 1.29 is 5.11 Å². The Balaban J connectivity index is 2.09. The molecular weight excluding hydrogens is 178 g/mol. The van der Waals surface area contributed by atoms with Crippen LogP contribution in [0.4, 0.5) is 5.69 Å². The lowest BCUT2D eigenvalue weighted by atomic mass is 10.2. The van der Waals surface area contributed by atoms with Gasteiger partial charge >= 0.3 is 0 Å². The van der Waals surface area contributed by atoms with E-state index in [9.17, 15) is 5.11 Å². The van der Waals surface area contributed by atoms with Crippen LogP contribution in [0.2, 0.25) is 0 Å². The Morgan fingerprint density at radius 1 is 1.50 bits per heavy atom. The Morgan fingerprint density at radius 2 is 2.36 bits per heavy atom. The second kappa shape index (κ2) is 3.57. The zero-order valence-corrected chi connectivity index (χ0v) is 7.85. The molecule has 0 radical (unpaired) electrons. The van der Waals surface area contributed by atoms with Gasteiger partial charge in [0.25, 0.3) is 0 Å². The molecule has 0 atom stereocenters. The van der Waals surface area contributed by atoms with Crippen LogP contribution in [0.25, 0.3) is 0 Å². The fourth-order valence-corrected chi connectivity index (χ4v) is 1.46. The zero-order chi connectivity index (χ0) is 9.97. The molecule has 1 aromatic carbocycles. The van der Waals surface area contributed by atoms with Crippen LogP contribution >= 0.6 is 0 Å². The first kappa shape index (κ1) is 8.87. The van der Waals surface area contributed by atoms with E-state index >= 15 is 0 Å². The first-order valence-electron chi connectivity index (χ1n) is 4.57. The van der Waals surface area contributed by atoms with E-state index in [-0.39, 0.29) is 5.75 Å². The molecule has 14 heavy (non-hydrogen) atoms. The van der Waals surface area contributed by atoms with Crippen LogP contribution in [-0.2, 0) is 6.54 Å². The van der Waals surface area contributed by atoms with Gasteiger partial charge in [0, 0.05) is 13.1 Å². The minimum absolute atomic E-state index is 0.152. The zero-order valence-electron chi connectivity index (χ0n) is 7.85. The van der Waals surface area contributed by atoms with Gasteiger partial charge in [0.2, 0.25) is 0 Å². The van der Waals surface area contributed by atoms with Crippen LogP contribution < -0.4 is 5.73 Å². The first-order chi connectivity index (χ1) is 6.75. The van der Waals surface area contributed by atoms with Gasteiger partial charge in [-0.25, -0.2) is 0 Å². The summed E-state index contributed by atoms with van der Waals surface area (Å²) in [5.41, 5.74) is 6.97. The number of nitrogens with zero attached hydrogens (tertiary/aromatic N) is 2. The number of nitrogens with two attached hydrogens (primary N) is 1. The van der Waals surface area contributed by atoms with E-state index in [0.29, 0.717) is 5.69 Å². The topological polar surface area (TPSA) is 61.8 Å². The molecule has 1 heterocycles. The molecule has 4 nitrogen and oxygen atoms in total. The van der Waals surface area contributed by atoms with Crippen LogP contribution in [0, 0.1) is 0 Å². The monoisotopic (exact) mass is 191 g/mol.